The van der Waals surface area contributed by atoms with Gasteiger partial charge in [0.25, 0.3) is 0 Å². The number of hydrogen-bond donors (Lipinski definition) is 0. The van der Waals surface area contributed by atoms with Gasteiger partial charge in [-0.1, -0.05) is 68.4 Å². The second-order valence-electron chi connectivity index (χ2n) is 7.67. The quantitative estimate of drug-likeness (QED) is 0.353. The van der Waals surface area contributed by atoms with Crippen LogP contribution in [0.25, 0.3) is 11.0 Å². The molecule has 0 radical (unpaired) electrons. The highest BCUT2D eigenvalue weighted by molar-refractivity contribution is 5.76. The van der Waals surface area contributed by atoms with Gasteiger partial charge in [0.2, 0.25) is 0 Å². The third kappa shape index (κ3) is 4.19. The van der Waals surface area contributed by atoms with Gasteiger partial charge in [-0.05, 0) is 54.7 Å². The minimum Gasteiger partial charge on any atom is -0.483 e. The van der Waals surface area contributed by atoms with E-state index in [1.165, 1.54) is 11.1 Å². The summed E-state index contributed by atoms with van der Waals surface area (Å²) < 4.78 is 8.47. The molecular weight excluding hydrogens is 356 g/mol. The largest absolute Gasteiger partial charge is 0.483 e. The van der Waals surface area contributed by atoms with Crippen LogP contribution in [0.3, 0.4) is 0 Å². The summed E-state index contributed by atoms with van der Waals surface area (Å²) in [7, 11) is 0. The van der Waals surface area contributed by atoms with Gasteiger partial charge in [0.1, 0.15) is 5.75 Å². The fourth-order valence-electron chi connectivity index (χ4n) is 3.70. The standard InChI is InChI=1S/C26H28N2O/c1-4-19(2)22-16-14-21(15-17-22)18-28-25-13-9-8-12-24(25)27-26(28)20(3)29-23-10-6-5-7-11-23/h5-17,19-20H,4,18H2,1-3H3. The molecule has 2 atom stereocenters. The number of imidazole rings is 1. The summed E-state index contributed by atoms with van der Waals surface area (Å²) in [6.45, 7) is 7.35. The normalized spacial score (nSPS) is 13.3. The van der Waals surface area contributed by atoms with Gasteiger partial charge in [-0.15, -0.1) is 0 Å². The number of hydrogen-bond acceptors (Lipinski definition) is 2. The second-order valence-corrected chi connectivity index (χ2v) is 7.67. The van der Waals surface area contributed by atoms with Gasteiger partial charge in [-0.3, -0.25) is 0 Å². The Labute approximate surface area is 173 Å². The molecule has 3 nitrogen and oxygen atoms in total. The molecule has 0 amide bonds. The zero-order valence-corrected chi connectivity index (χ0v) is 17.4. The van der Waals surface area contributed by atoms with Crippen LogP contribution in [0.15, 0.2) is 78.9 Å². The van der Waals surface area contributed by atoms with Gasteiger partial charge < -0.3 is 9.30 Å². The maximum Gasteiger partial charge on any atom is 0.153 e. The van der Waals surface area contributed by atoms with Crippen molar-refractivity contribution < 1.29 is 4.74 Å². The van der Waals surface area contributed by atoms with Crippen LogP contribution in [0.5, 0.6) is 5.75 Å². The second kappa shape index (κ2) is 8.52. The molecule has 0 aliphatic heterocycles. The zero-order chi connectivity index (χ0) is 20.2. The number of aromatic nitrogens is 2. The van der Waals surface area contributed by atoms with Crippen LogP contribution in [0.4, 0.5) is 0 Å². The van der Waals surface area contributed by atoms with Crippen LogP contribution in [0.2, 0.25) is 0 Å². The molecule has 1 aromatic heterocycles. The number of benzene rings is 3. The van der Waals surface area contributed by atoms with E-state index in [2.05, 4.69) is 67.8 Å². The van der Waals surface area contributed by atoms with E-state index >= 15 is 0 Å². The summed E-state index contributed by atoms with van der Waals surface area (Å²) in [5.74, 6) is 2.39. The Balaban J connectivity index is 1.66. The molecule has 0 N–H and O–H groups in total. The molecular formula is C26H28N2O. The molecule has 3 aromatic carbocycles. The molecule has 1 heterocycles. The van der Waals surface area contributed by atoms with E-state index in [9.17, 15) is 0 Å². The predicted octanol–water partition coefficient (Wildman–Crippen LogP) is 6.74. The van der Waals surface area contributed by atoms with Crippen molar-refractivity contribution >= 4 is 11.0 Å². The molecule has 4 rings (SSSR count). The Morgan fingerprint density at radius 3 is 2.28 bits per heavy atom. The van der Waals surface area contributed by atoms with Crippen molar-refractivity contribution in [2.24, 2.45) is 0 Å². The molecule has 0 aliphatic carbocycles. The number of rotatable bonds is 7. The van der Waals surface area contributed by atoms with E-state index in [0.717, 1.165) is 35.6 Å². The third-order valence-corrected chi connectivity index (χ3v) is 5.61. The lowest BCUT2D eigenvalue weighted by Gasteiger charge is -2.17. The van der Waals surface area contributed by atoms with Crippen molar-refractivity contribution in [1.82, 2.24) is 9.55 Å². The van der Waals surface area contributed by atoms with Crippen molar-refractivity contribution in [2.75, 3.05) is 0 Å². The van der Waals surface area contributed by atoms with Crippen molar-refractivity contribution in [1.29, 1.82) is 0 Å². The Morgan fingerprint density at radius 2 is 1.55 bits per heavy atom. The molecule has 0 saturated carbocycles. The summed E-state index contributed by atoms with van der Waals surface area (Å²) in [5, 5.41) is 0. The number of nitrogens with zero attached hydrogens (tertiary/aromatic N) is 2. The summed E-state index contributed by atoms with van der Waals surface area (Å²) in [5.41, 5.74) is 4.81. The van der Waals surface area contributed by atoms with Gasteiger partial charge in [0.05, 0.1) is 11.0 Å². The van der Waals surface area contributed by atoms with E-state index in [1.807, 2.05) is 36.4 Å². The number of para-hydroxylation sites is 3. The van der Waals surface area contributed by atoms with Crippen LogP contribution in [0, 0.1) is 0 Å². The monoisotopic (exact) mass is 384 g/mol. The molecule has 2 unspecified atom stereocenters. The molecule has 29 heavy (non-hydrogen) atoms. The topological polar surface area (TPSA) is 27.1 Å². The van der Waals surface area contributed by atoms with Gasteiger partial charge >= 0.3 is 0 Å². The van der Waals surface area contributed by atoms with Crippen molar-refractivity contribution in [3.8, 4) is 5.75 Å². The molecule has 0 bridgehead atoms. The van der Waals surface area contributed by atoms with E-state index < -0.39 is 0 Å². The lowest BCUT2D eigenvalue weighted by Crippen LogP contribution is -2.12. The van der Waals surface area contributed by atoms with Gasteiger partial charge in [-0.25, -0.2) is 4.98 Å². The average Bonchev–Trinajstić information content (AvgIpc) is 3.13. The lowest BCUT2D eigenvalue weighted by molar-refractivity contribution is 0.212. The first-order valence-electron chi connectivity index (χ1n) is 10.4. The summed E-state index contributed by atoms with van der Waals surface area (Å²) in [6.07, 6.45) is 1.01. The first-order chi connectivity index (χ1) is 14.2. The molecule has 0 saturated heterocycles. The molecule has 4 aromatic rings. The molecule has 0 aliphatic rings. The Morgan fingerprint density at radius 1 is 0.862 bits per heavy atom. The van der Waals surface area contributed by atoms with Crippen LogP contribution >= 0.6 is 0 Å². The van der Waals surface area contributed by atoms with Gasteiger partial charge in [0.15, 0.2) is 11.9 Å². The van der Waals surface area contributed by atoms with Crippen LogP contribution < -0.4 is 4.74 Å². The van der Waals surface area contributed by atoms with Crippen LogP contribution in [-0.4, -0.2) is 9.55 Å². The first-order valence-corrected chi connectivity index (χ1v) is 10.4. The highest BCUT2D eigenvalue weighted by atomic mass is 16.5. The fourth-order valence-corrected chi connectivity index (χ4v) is 3.70. The Kier molecular flexibility index (Phi) is 5.66. The van der Waals surface area contributed by atoms with Crippen molar-refractivity contribution in [2.45, 2.75) is 45.8 Å². The number of ether oxygens (including phenoxy) is 1. The minimum absolute atomic E-state index is 0.149. The Hall–Kier alpha value is -3.07. The highest BCUT2D eigenvalue weighted by Gasteiger charge is 2.18. The zero-order valence-electron chi connectivity index (χ0n) is 17.4. The molecule has 0 fully saturated rings. The predicted molar refractivity (Wildman–Crippen MR) is 119 cm³/mol. The lowest BCUT2D eigenvalue weighted by atomic mass is 9.97. The summed E-state index contributed by atoms with van der Waals surface area (Å²) >= 11 is 0. The molecule has 0 spiro atoms. The van der Waals surface area contributed by atoms with Crippen molar-refractivity contribution in [3.05, 3.63) is 95.8 Å². The van der Waals surface area contributed by atoms with E-state index in [1.54, 1.807) is 0 Å². The van der Waals surface area contributed by atoms with E-state index in [0.29, 0.717) is 5.92 Å². The molecule has 3 heteroatoms. The SMILES string of the molecule is CCC(C)c1ccc(Cn2c(C(C)Oc3ccccc3)nc3ccccc32)cc1. The Bertz CT molecular complexity index is 1070. The highest BCUT2D eigenvalue weighted by Crippen LogP contribution is 2.26. The smallest absolute Gasteiger partial charge is 0.153 e. The number of fused-ring (bicyclic) bond motifs is 1. The third-order valence-electron chi connectivity index (χ3n) is 5.61. The van der Waals surface area contributed by atoms with E-state index in [4.69, 9.17) is 9.72 Å². The van der Waals surface area contributed by atoms with Gasteiger partial charge in [0, 0.05) is 6.54 Å². The average molecular weight is 385 g/mol. The van der Waals surface area contributed by atoms with Crippen molar-refractivity contribution in [3.63, 3.8) is 0 Å². The van der Waals surface area contributed by atoms with Gasteiger partial charge in [-0.2, -0.15) is 0 Å². The summed E-state index contributed by atoms with van der Waals surface area (Å²) in [6, 6.07) is 27.2. The summed E-state index contributed by atoms with van der Waals surface area (Å²) in [4.78, 5) is 4.90. The first kappa shape index (κ1) is 19.3. The minimum atomic E-state index is -0.149. The molecule has 148 valence electrons. The van der Waals surface area contributed by atoms with E-state index in [-0.39, 0.29) is 6.10 Å². The maximum atomic E-state index is 6.19. The van der Waals surface area contributed by atoms with Crippen LogP contribution in [-0.2, 0) is 6.54 Å². The maximum absolute atomic E-state index is 6.19. The fraction of sp³-hybridized carbons (Fsp3) is 0.269. The van der Waals surface area contributed by atoms with Crippen LogP contribution in [0.1, 0.15) is 56.2 Å².